The summed E-state index contributed by atoms with van der Waals surface area (Å²) in [6.45, 7) is 5.87. The van der Waals surface area contributed by atoms with Crippen LogP contribution in [0.25, 0.3) is 0 Å². The first kappa shape index (κ1) is 28.9. The number of anilines is 1. The van der Waals surface area contributed by atoms with E-state index in [0.29, 0.717) is 61.0 Å². The van der Waals surface area contributed by atoms with E-state index in [4.69, 9.17) is 4.74 Å². The lowest BCUT2D eigenvalue weighted by molar-refractivity contribution is 0.0858. The molecule has 9 nitrogen and oxygen atoms in total. The largest absolute Gasteiger partial charge is 0.376 e. The van der Waals surface area contributed by atoms with E-state index in [9.17, 15) is 18.0 Å². The van der Waals surface area contributed by atoms with Gasteiger partial charge in [0.15, 0.2) is 0 Å². The van der Waals surface area contributed by atoms with Crippen LogP contribution in [0, 0.1) is 6.92 Å². The highest BCUT2D eigenvalue weighted by atomic mass is 32.2. The summed E-state index contributed by atoms with van der Waals surface area (Å²) in [4.78, 5) is 28.3. The number of hydrogen-bond donors (Lipinski definition) is 2. The predicted molar refractivity (Wildman–Crippen MR) is 157 cm³/mol. The van der Waals surface area contributed by atoms with Crippen molar-refractivity contribution < 1.29 is 22.7 Å². The molecule has 1 atom stereocenters. The summed E-state index contributed by atoms with van der Waals surface area (Å²) >= 11 is 0. The molecule has 2 heterocycles. The zero-order valence-corrected chi connectivity index (χ0v) is 24.0. The van der Waals surface area contributed by atoms with Crippen molar-refractivity contribution >= 4 is 27.5 Å². The standard InChI is InChI=1S/C31H36N4O5S/c1-23-8-14-27(15-9-23)41(38,39)35-18-16-34(17-19-35)22-24-10-12-25(13-11-24)30(36)33-29-7-3-2-6-28(29)31(37)32-21-26-5-4-20-40-26/h2-3,6-15,26H,4-5,16-22H2,1H3,(H,32,37)(H,33,36). The van der Waals surface area contributed by atoms with Crippen molar-refractivity contribution in [2.45, 2.75) is 37.3 Å². The second-order valence-corrected chi connectivity index (χ2v) is 12.5. The second kappa shape index (κ2) is 12.9. The summed E-state index contributed by atoms with van der Waals surface area (Å²) in [5, 5.41) is 5.77. The molecule has 10 heteroatoms. The molecule has 216 valence electrons. The average molecular weight is 577 g/mol. The number of benzene rings is 3. The third-order valence-corrected chi connectivity index (χ3v) is 9.46. The zero-order valence-electron chi connectivity index (χ0n) is 23.2. The molecule has 0 aliphatic carbocycles. The Kier molecular flexibility index (Phi) is 9.14. The number of rotatable bonds is 9. The van der Waals surface area contributed by atoms with Crippen LogP contribution in [0.1, 0.15) is 44.7 Å². The lowest BCUT2D eigenvalue weighted by Crippen LogP contribution is -2.48. The normalized spacial score (nSPS) is 18.2. The second-order valence-electron chi connectivity index (χ2n) is 10.5. The Hall–Kier alpha value is -3.57. The van der Waals surface area contributed by atoms with E-state index in [0.717, 1.165) is 30.6 Å². The van der Waals surface area contributed by atoms with Crippen molar-refractivity contribution in [2.24, 2.45) is 0 Å². The molecule has 41 heavy (non-hydrogen) atoms. The quantitative estimate of drug-likeness (QED) is 0.403. The molecule has 2 fully saturated rings. The summed E-state index contributed by atoms with van der Waals surface area (Å²) in [6.07, 6.45) is 1.97. The number of piperazine rings is 1. The van der Waals surface area contributed by atoms with Gasteiger partial charge < -0.3 is 15.4 Å². The number of para-hydroxylation sites is 1. The fourth-order valence-electron chi connectivity index (χ4n) is 5.10. The van der Waals surface area contributed by atoms with Gasteiger partial charge in [0.05, 0.1) is 22.3 Å². The van der Waals surface area contributed by atoms with Gasteiger partial charge in [-0.25, -0.2) is 8.42 Å². The van der Waals surface area contributed by atoms with Crippen LogP contribution in [0.5, 0.6) is 0 Å². The maximum absolute atomic E-state index is 13.0. The molecule has 5 rings (SSSR count). The van der Waals surface area contributed by atoms with Crippen molar-refractivity contribution in [3.05, 3.63) is 95.1 Å². The van der Waals surface area contributed by atoms with E-state index in [1.807, 2.05) is 31.2 Å². The van der Waals surface area contributed by atoms with E-state index in [-0.39, 0.29) is 17.9 Å². The molecule has 0 radical (unpaired) electrons. The van der Waals surface area contributed by atoms with E-state index in [2.05, 4.69) is 15.5 Å². The van der Waals surface area contributed by atoms with Crippen LogP contribution < -0.4 is 10.6 Å². The Balaban J connectivity index is 1.13. The molecule has 2 saturated heterocycles. The number of sulfonamides is 1. The number of nitrogens with one attached hydrogen (secondary N) is 2. The molecule has 2 N–H and O–H groups in total. The Morgan fingerprint density at radius 1 is 0.902 bits per heavy atom. The Labute approximate surface area is 241 Å². The maximum Gasteiger partial charge on any atom is 0.255 e. The smallest absolute Gasteiger partial charge is 0.255 e. The number of carbonyl (C=O) groups is 2. The topological polar surface area (TPSA) is 108 Å². The van der Waals surface area contributed by atoms with Gasteiger partial charge in [-0.05, 0) is 61.7 Å². The van der Waals surface area contributed by atoms with Crippen LogP contribution in [0.15, 0.2) is 77.7 Å². The molecule has 2 amide bonds. The zero-order chi connectivity index (χ0) is 28.8. The van der Waals surface area contributed by atoms with Crippen molar-refractivity contribution in [1.29, 1.82) is 0 Å². The fourth-order valence-corrected chi connectivity index (χ4v) is 6.52. The fraction of sp³-hybridized carbons (Fsp3) is 0.355. The van der Waals surface area contributed by atoms with Crippen molar-refractivity contribution in [3.63, 3.8) is 0 Å². The Morgan fingerprint density at radius 3 is 2.29 bits per heavy atom. The molecular weight excluding hydrogens is 540 g/mol. The first-order chi connectivity index (χ1) is 19.8. The minimum Gasteiger partial charge on any atom is -0.376 e. The van der Waals surface area contributed by atoms with Crippen molar-refractivity contribution in [1.82, 2.24) is 14.5 Å². The molecular formula is C31H36N4O5S. The van der Waals surface area contributed by atoms with Gasteiger partial charge >= 0.3 is 0 Å². The Morgan fingerprint density at radius 2 is 1.61 bits per heavy atom. The number of nitrogens with zero attached hydrogens (tertiary/aromatic N) is 2. The molecule has 1 unspecified atom stereocenters. The van der Waals surface area contributed by atoms with Gasteiger partial charge in [-0.15, -0.1) is 0 Å². The van der Waals surface area contributed by atoms with E-state index in [1.165, 1.54) is 0 Å². The third kappa shape index (κ3) is 7.20. The van der Waals surface area contributed by atoms with Gasteiger partial charge in [0.1, 0.15) is 0 Å². The maximum atomic E-state index is 13.0. The van der Waals surface area contributed by atoms with Gasteiger partial charge in [0.2, 0.25) is 10.0 Å². The first-order valence-corrected chi connectivity index (χ1v) is 15.4. The van der Waals surface area contributed by atoms with Crippen molar-refractivity contribution in [3.8, 4) is 0 Å². The monoisotopic (exact) mass is 576 g/mol. The minimum atomic E-state index is -3.50. The molecule has 0 spiro atoms. The SMILES string of the molecule is Cc1ccc(S(=O)(=O)N2CCN(Cc3ccc(C(=O)Nc4ccccc4C(=O)NCC4CCCO4)cc3)CC2)cc1. The van der Waals surface area contributed by atoms with Crippen LogP contribution in [0.2, 0.25) is 0 Å². The molecule has 0 aromatic heterocycles. The molecule has 2 aliphatic heterocycles. The summed E-state index contributed by atoms with van der Waals surface area (Å²) in [5.41, 5.74) is 3.39. The lowest BCUT2D eigenvalue weighted by atomic mass is 10.1. The number of ether oxygens (including phenoxy) is 1. The van der Waals surface area contributed by atoms with Gasteiger partial charge in [-0.2, -0.15) is 4.31 Å². The number of hydrogen-bond acceptors (Lipinski definition) is 6. The predicted octanol–water partition coefficient (Wildman–Crippen LogP) is 3.66. The molecule has 3 aromatic rings. The number of carbonyl (C=O) groups excluding carboxylic acids is 2. The Bertz CT molecular complexity index is 1460. The lowest BCUT2D eigenvalue weighted by Gasteiger charge is -2.34. The van der Waals surface area contributed by atoms with E-state index < -0.39 is 10.0 Å². The van der Waals surface area contributed by atoms with E-state index >= 15 is 0 Å². The van der Waals surface area contributed by atoms with Crippen LogP contribution in [-0.2, 0) is 21.3 Å². The number of aryl methyl sites for hydroxylation is 1. The molecule has 3 aromatic carbocycles. The summed E-state index contributed by atoms with van der Waals surface area (Å²) in [6, 6.07) is 21.3. The van der Waals surface area contributed by atoms with Gasteiger partial charge in [-0.1, -0.05) is 42.0 Å². The highest BCUT2D eigenvalue weighted by Crippen LogP contribution is 2.20. The molecule has 2 aliphatic rings. The van der Waals surface area contributed by atoms with Crippen LogP contribution in [0.4, 0.5) is 5.69 Å². The number of amides is 2. The first-order valence-electron chi connectivity index (χ1n) is 14.0. The van der Waals surface area contributed by atoms with E-state index in [1.54, 1.807) is 52.8 Å². The summed E-state index contributed by atoms with van der Waals surface area (Å²) < 4.78 is 33.1. The van der Waals surface area contributed by atoms with Gasteiger partial charge in [0, 0.05) is 51.4 Å². The van der Waals surface area contributed by atoms with Crippen LogP contribution >= 0.6 is 0 Å². The molecule has 0 bridgehead atoms. The highest BCUT2D eigenvalue weighted by molar-refractivity contribution is 7.89. The average Bonchev–Trinajstić information content (AvgIpc) is 3.51. The summed E-state index contributed by atoms with van der Waals surface area (Å²) in [5.74, 6) is -0.552. The summed E-state index contributed by atoms with van der Waals surface area (Å²) in [7, 11) is -3.50. The van der Waals surface area contributed by atoms with Crippen LogP contribution in [-0.4, -0.2) is 74.9 Å². The highest BCUT2D eigenvalue weighted by Gasteiger charge is 2.28. The van der Waals surface area contributed by atoms with Crippen molar-refractivity contribution in [2.75, 3.05) is 44.6 Å². The minimum absolute atomic E-state index is 0.0369. The third-order valence-electron chi connectivity index (χ3n) is 7.55. The van der Waals surface area contributed by atoms with Gasteiger partial charge in [0.25, 0.3) is 11.8 Å². The molecule has 0 saturated carbocycles. The van der Waals surface area contributed by atoms with Crippen LogP contribution in [0.3, 0.4) is 0 Å². The van der Waals surface area contributed by atoms with Gasteiger partial charge in [-0.3, -0.25) is 14.5 Å².